The van der Waals surface area contributed by atoms with Crippen LogP contribution in [0, 0.1) is 5.92 Å². The molecule has 1 radical (unpaired) electrons. The van der Waals surface area contributed by atoms with Gasteiger partial charge >= 0.3 is 0 Å². The molecule has 0 aromatic heterocycles. The largest absolute Gasteiger partial charge is 0.381 e. The van der Waals surface area contributed by atoms with E-state index in [0.717, 1.165) is 13.0 Å². The van der Waals surface area contributed by atoms with E-state index in [-0.39, 0.29) is 5.92 Å². The minimum atomic E-state index is 0.0694. The first kappa shape index (κ1) is 4.78. The van der Waals surface area contributed by atoms with Gasteiger partial charge in [-0.15, -0.1) is 0 Å². The van der Waals surface area contributed by atoms with Crippen molar-refractivity contribution in [3.8, 4) is 0 Å². The van der Waals surface area contributed by atoms with Gasteiger partial charge in [-0.25, -0.2) is 0 Å². The average molecular weight is 99.1 g/mol. The van der Waals surface area contributed by atoms with E-state index in [4.69, 9.17) is 4.74 Å². The molecule has 1 aliphatic rings. The molecule has 0 aromatic carbocycles. The summed E-state index contributed by atoms with van der Waals surface area (Å²) in [6.45, 7) is 1.32. The van der Waals surface area contributed by atoms with Gasteiger partial charge in [-0.1, -0.05) is 0 Å². The smallest absolute Gasteiger partial charge is 0.204 e. The Balaban J connectivity index is 2.26. The fourth-order valence-corrected chi connectivity index (χ4v) is 0.627. The van der Waals surface area contributed by atoms with Crippen LogP contribution < -0.4 is 0 Å². The molecule has 1 fully saturated rings. The first-order valence-corrected chi connectivity index (χ1v) is 2.39. The first-order chi connectivity index (χ1) is 3.43. The molecule has 1 rings (SSSR count). The highest BCUT2D eigenvalue weighted by molar-refractivity contribution is 5.54. The Morgan fingerprint density at radius 3 is 2.86 bits per heavy atom. The Kier molecular flexibility index (Phi) is 1.42. The monoisotopic (exact) mass is 99.0 g/mol. The molecule has 0 bridgehead atoms. The molecule has 0 amide bonds. The van der Waals surface area contributed by atoms with Gasteiger partial charge in [0.05, 0.1) is 12.5 Å². The third kappa shape index (κ3) is 0.996. The van der Waals surface area contributed by atoms with Crippen molar-refractivity contribution < 1.29 is 9.53 Å². The summed E-state index contributed by atoms with van der Waals surface area (Å²) in [5.41, 5.74) is 0. The van der Waals surface area contributed by atoms with E-state index in [9.17, 15) is 4.79 Å². The third-order valence-electron chi connectivity index (χ3n) is 1.10. The van der Waals surface area contributed by atoms with Crippen molar-refractivity contribution in [1.29, 1.82) is 0 Å². The van der Waals surface area contributed by atoms with Crippen LogP contribution in [0.4, 0.5) is 0 Å². The lowest BCUT2D eigenvalue weighted by atomic mass is 10.2. The van der Waals surface area contributed by atoms with E-state index < -0.39 is 0 Å². The standard InChI is InChI=1S/C5H7O2/c6-3-5-1-2-7-4-5/h5H,1-2,4H2/t5-/m1/s1. The topological polar surface area (TPSA) is 26.3 Å². The molecule has 1 atom stereocenters. The molecule has 0 saturated carbocycles. The minimum Gasteiger partial charge on any atom is -0.381 e. The highest BCUT2D eigenvalue weighted by atomic mass is 16.5. The molecule has 0 aromatic rings. The lowest BCUT2D eigenvalue weighted by Gasteiger charge is -1.86. The van der Waals surface area contributed by atoms with Gasteiger partial charge < -0.3 is 4.74 Å². The zero-order valence-corrected chi connectivity index (χ0v) is 4.02. The van der Waals surface area contributed by atoms with Crippen LogP contribution in [0.1, 0.15) is 6.42 Å². The van der Waals surface area contributed by atoms with Crippen molar-refractivity contribution in [3.05, 3.63) is 0 Å². The van der Waals surface area contributed by atoms with Crippen LogP contribution in [0.5, 0.6) is 0 Å². The van der Waals surface area contributed by atoms with Crippen molar-refractivity contribution in [2.24, 2.45) is 5.92 Å². The summed E-state index contributed by atoms with van der Waals surface area (Å²) < 4.78 is 4.89. The molecule has 7 heavy (non-hydrogen) atoms. The Morgan fingerprint density at radius 1 is 1.71 bits per heavy atom. The summed E-state index contributed by atoms with van der Waals surface area (Å²) >= 11 is 0. The Morgan fingerprint density at radius 2 is 2.57 bits per heavy atom. The van der Waals surface area contributed by atoms with Crippen LogP contribution in [-0.2, 0) is 9.53 Å². The zero-order valence-electron chi connectivity index (χ0n) is 4.02. The summed E-state index contributed by atoms with van der Waals surface area (Å²) in [6.07, 6.45) is 2.75. The lowest BCUT2D eigenvalue weighted by Crippen LogP contribution is -1.98. The molecular formula is C5H7O2. The lowest BCUT2D eigenvalue weighted by molar-refractivity contribution is 0.192. The van der Waals surface area contributed by atoms with E-state index in [2.05, 4.69) is 0 Å². The van der Waals surface area contributed by atoms with Crippen molar-refractivity contribution in [3.63, 3.8) is 0 Å². The van der Waals surface area contributed by atoms with Crippen LogP contribution in [0.25, 0.3) is 0 Å². The number of carbonyl (C=O) groups excluding carboxylic acids is 1. The van der Waals surface area contributed by atoms with Gasteiger partial charge in [0.1, 0.15) is 0 Å². The van der Waals surface area contributed by atoms with E-state index in [1.807, 2.05) is 6.29 Å². The van der Waals surface area contributed by atoms with Crippen LogP contribution >= 0.6 is 0 Å². The first-order valence-electron chi connectivity index (χ1n) is 2.39. The number of ether oxygens (including phenoxy) is 1. The van der Waals surface area contributed by atoms with Crippen LogP contribution in [0.3, 0.4) is 0 Å². The van der Waals surface area contributed by atoms with Gasteiger partial charge in [0.25, 0.3) is 0 Å². The molecule has 0 aliphatic carbocycles. The molecule has 2 heteroatoms. The average Bonchev–Trinajstić information content (AvgIpc) is 2.14. The molecule has 1 aliphatic heterocycles. The van der Waals surface area contributed by atoms with E-state index in [1.165, 1.54) is 0 Å². The normalized spacial score (nSPS) is 30.6. The van der Waals surface area contributed by atoms with Crippen molar-refractivity contribution >= 4 is 6.29 Å². The molecular weight excluding hydrogens is 92.1 g/mol. The van der Waals surface area contributed by atoms with Gasteiger partial charge in [-0.3, -0.25) is 4.79 Å². The van der Waals surface area contributed by atoms with E-state index in [1.54, 1.807) is 0 Å². The third-order valence-corrected chi connectivity index (χ3v) is 1.10. The molecule has 0 spiro atoms. The number of hydrogen-bond acceptors (Lipinski definition) is 2. The fourth-order valence-electron chi connectivity index (χ4n) is 0.627. The maximum absolute atomic E-state index is 9.80. The Hall–Kier alpha value is -0.370. The van der Waals surface area contributed by atoms with Gasteiger partial charge in [0.2, 0.25) is 6.29 Å². The maximum atomic E-state index is 9.80. The van der Waals surface area contributed by atoms with Crippen LogP contribution in [0.2, 0.25) is 0 Å². The highest BCUT2D eigenvalue weighted by Gasteiger charge is 2.13. The predicted octanol–water partition coefficient (Wildman–Crippen LogP) is 0.133. The number of hydrogen-bond donors (Lipinski definition) is 0. The van der Waals surface area contributed by atoms with Crippen LogP contribution in [0.15, 0.2) is 0 Å². The summed E-state index contributed by atoms with van der Waals surface area (Å²) in [5, 5.41) is 0. The Bertz CT molecular complexity index is 64.5. The SMILES string of the molecule is O=[C][C@H]1CCOC1. The van der Waals surface area contributed by atoms with Gasteiger partial charge in [0, 0.05) is 6.61 Å². The van der Waals surface area contributed by atoms with Crippen molar-refractivity contribution in [2.75, 3.05) is 13.2 Å². The second kappa shape index (κ2) is 2.07. The molecule has 2 nitrogen and oxygen atoms in total. The number of rotatable bonds is 1. The second-order valence-electron chi connectivity index (χ2n) is 1.68. The summed E-state index contributed by atoms with van der Waals surface area (Å²) in [7, 11) is 0. The van der Waals surface area contributed by atoms with Crippen molar-refractivity contribution in [1.82, 2.24) is 0 Å². The molecule has 0 unspecified atom stereocenters. The van der Waals surface area contributed by atoms with Crippen molar-refractivity contribution in [2.45, 2.75) is 6.42 Å². The Labute approximate surface area is 42.5 Å². The van der Waals surface area contributed by atoms with Gasteiger partial charge in [-0.05, 0) is 6.42 Å². The molecule has 39 valence electrons. The molecule has 1 heterocycles. The summed E-state index contributed by atoms with van der Waals surface area (Å²) in [4.78, 5) is 9.80. The van der Waals surface area contributed by atoms with Gasteiger partial charge in [0.15, 0.2) is 0 Å². The maximum Gasteiger partial charge on any atom is 0.204 e. The fraction of sp³-hybridized carbons (Fsp3) is 0.800. The van der Waals surface area contributed by atoms with Crippen LogP contribution in [-0.4, -0.2) is 19.5 Å². The van der Waals surface area contributed by atoms with E-state index >= 15 is 0 Å². The predicted molar refractivity (Wildman–Crippen MR) is 24.6 cm³/mol. The highest BCUT2D eigenvalue weighted by Crippen LogP contribution is 2.07. The van der Waals surface area contributed by atoms with Gasteiger partial charge in [-0.2, -0.15) is 0 Å². The minimum absolute atomic E-state index is 0.0694. The second-order valence-corrected chi connectivity index (χ2v) is 1.68. The molecule has 0 N–H and O–H groups in total. The van der Waals surface area contributed by atoms with E-state index in [0.29, 0.717) is 6.61 Å². The quantitative estimate of drug-likeness (QED) is 0.467. The molecule has 1 saturated heterocycles. The summed E-state index contributed by atoms with van der Waals surface area (Å²) in [5.74, 6) is 0.0694. The zero-order chi connectivity index (χ0) is 5.11. The summed E-state index contributed by atoms with van der Waals surface area (Å²) in [6, 6.07) is 0.